The Bertz CT molecular complexity index is 1530. The molecule has 1 amide bonds. The molecular formula is C29H28N2O7S. The van der Waals surface area contributed by atoms with Crippen molar-refractivity contribution in [2.45, 2.75) is 44.8 Å². The molecule has 9 nitrogen and oxygen atoms in total. The molecule has 1 aromatic heterocycles. The van der Waals surface area contributed by atoms with Gasteiger partial charge in [0.15, 0.2) is 28.2 Å². The summed E-state index contributed by atoms with van der Waals surface area (Å²) >= 11 is 1.27. The van der Waals surface area contributed by atoms with E-state index in [1.165, 1.54) is 16.2 Å². The first-order valence-electron chi connectivity index (χ1n) is 13.0. The number of fused-ring (bicyclic) bond motifs is 2. The van der Waals surface area contributed by atoms with E-state index >= 15 is 0 Å². The lowest BCUT2D eigenvalue weighted by Gasteiger charge is -2.35. The number of amides is 1. The second-order valence-electron chi connectivity index (χ2n) is 9.75. The molecule has 3 aliphatic rings. The molecule has 2 aromatic carbocycles. The van der Waals surface area contributed by atoms with Crippen molar-refractivity contribution in [3.05, 3.63) is 58.9 Å². The predicted octanol–water partition coefficient (Wildman–Crippen LogP) is 4.99. The van der Waals surface area contributed by atoms with Gasteiger partial charge in [0.1, 0.15) is 6.10 Å². The number of aromatic nitrogens is 1. The molecule has 1 fully saturated rings. The molecule has 3 unspecified atom stereocenters. The highest BCUT2D eigenvalue weighted by Gasteiger charge is 2.53. The van der Waals surface area contributed by atoms with Gasteiger partial charge < -0.3 is 18.9 Å². The van der Waals surface area contributed by atoms with Gasteiger partial charge in [-0.15, -0.1) is 0 Å². The van der Waals surface area contributed by atoms with E-state index in [0.29, 0.717) is 38.8 Å². The molecule has 3 aromatic rings. The van der Waals surface area contributed by atoms with Crippen LogP contribution >= 0.6 is 11.3 Å². The summed E-state index contributed by atoms with van der Waals surface area (Å²) in [7, 11) is 3.09. The fourth-order valence-corrected chi connectivity index (χ4v) is 6.77. The van der Waals surface area contributed by atoms with Gasteiger partial charge in [-0.2, -0.15) is 0 Å². The molecule has 3 heterocycles. The maximum absolute atomic E-state index is 14.0. The fourth-order valence-electron chi connectivity index (χ4n) is 5.74. The highest BCUT2D eigenvalue weighted by Crippen LogP contribution is 2.50. The average molecular weight is 549 g/mol. The third kappa shape index (κ3) is 4.14. The number of hydrogen-bond donors (Lipinski definition) is 0. The van der Waals surface area contributed by atoms with Crippen molar-refractivity contribution in [3.8, 4) is 11.5 Å². The summed E-state index contributed by atoms with van der Waals surface area (Å²) in [5.74, 6) is 0.00313. The number of hydrogen-bond acceptors (Lipinski definition) is 9. The van der Waals surface area contributed by atoms with E-state index in [4.69, 9.17) is 23.9 Å². The molecule has 10 heteroatoms. The number of rotatable bonds is 6. The summed E-state index contributed by atoms with van der Waals surface area (Å²) in [4.78, 5) is 46.5. The van der Waals surface area contributed by atoms with Crippen LogP contribution in [0, 0.1) is 5.92 Å². The molecule has 2 aliphatic heterocycles. The highest BCUT2D eigenvalue weighted by atomic mass is 32.1. The van der Waals surface area contributed by atoms with E-state index in [9.17, 15) is 14.4 Å². The highest BCUT2D eigenvalue weighted by molar-refractivity contribution is 7.22. The van der Waals surface area contributed by atoms with Crippen LogP contribution in [-0.2, 0) is 19.1 Å². The molecule has 1 saturated carbocycles. The minimum atomic E-state index is -0.743. The number of benzene rings is 2. The van der Waals surface area contributed by atoms with Gasteiger partial charge in [0.05, 0.1) is 54.1 Å². The van der Waals surface area contributed by atoms with Gasteiger partial charge in [0, 0.05) is 0 Å². The molecule has 39 heavy (non-hydrogen) atoms. The Hall–Kier alpha value is -3.92. The lowest BCUT2D eigenvalue weighted by Crippen LogP contribution is -2.39. The number of nitrogens with zero attached hydrogens (tertiary/aromatic N) is 2. The number of anilines is 1. The number of carbonyl (C=O) groups excluding carboxylic acids is 3. The number of ether oxygens (including phenoxy) is 4. The standard InChI is InChI=1S/C29H28N2O7S/c1-4-37-28(34)16-9-11-18-22(14-16)39-29(30-18)31-24(15-10-12-20(35-2)21(13-15)36-3)23-25(32)17-7-5-6-8-19(17)38-26(23)27(31)33/h9-14,17,19,24H,4-8H2,1-3H3. The third-order valence-corrected chi connectivity index (χ3v) is 8.60. The van der Waals surface area contributed by atoms with E-state index in [1.807, 2.05) is 6.07 Å². The number of ketones is 1. The SMILES string of the molecule is CCOC(=O)c1ccc2nc(N3C(=O)C4=C(C(=O)C5CCCCC5O4)C3c3ccc(OC)c(OC)c3)sc2c1. The smallest absolute Gasteiger partial charge is 0.338 e. The second kappa shape index (κ2) is 10.00. The van der Waals surface area contributed by atoms with Crippen LogP contribution in [0.4, 0.5) is 5.13 Å². The van der Waals surface area contributed by atoms with Crippen molar-refractivity contribution in [2.75, 3.05) is 25.7 Å². The Morgan fingerprint density at radius 3 is 2.64 bits per heavy atom. The van der Waals surface area contributed by atoms with E-state index in [-0.39, 0.29) is 30.2 Å². The molecule has 6 rings (SSSR count). The summed E-state index contributed by atoms with van der Waals surface area (Å²) < 4.78 is 23.1. The van der Waals surface area contributed by atoms with Crippen LogP contribution in [0.2, 0.25) is 0 Å². The third-order valence-electron chi connectivity index (χ3n) is 7.58. The molecule has 0 N–H and O–H groups in total. The zero-order valence-corrected chi connectivity index (χ0v) is 22.7. The number of Topliss-reactive ketones (excluding diaryl/α,β-unsaturated/α-hetero) is 1. The topological polar surface area (TPSA) is 104 Å². The summed E-state index contributed by atoms with van der Waals surface area (Å²) in [5, 5.41) is 0.407. The van der Waals surface area contributed by atoms with Crippen molar-refractivity contribution in [3.63, 3.8) is 0 Å². The molecule has 202 valence electrons. The predicted molar refractivity (Wildman–Crippen MR) is 144 cm³/mol. The summed E-state index contributed by atoms with van der Waals surface area (Å²) in [6.45, 7) is 2.02. The Morgan fingerprint density at radius 1 is 1.08 bits per heavy atom. The quantitative estimate of drug-likeness (QED) is 0.397. The average Bonchev–Trinajstić information content (AvgIpc) is 3.51. The first kappa shape index (κ1) is 25.4. The van der Waals surface area contributed by atoms with E-state index < -0.39 is 17.9 Å². The molecule has 0 bridgehead atoms. The monoisotopic (exact) mass is 548 g/mol. The fraction of sp³-hybridized carbons (Fsp3) is 0.379. The molecule has 3 atom stereocenters. The van der Waals surface area contributed by atoms with Gasteiger partial charge in [-0.25, -0.2) is 9.78 Å². The molecular weight excluding hydrogens is 520 g/mol. The number of methoxy groups -OCH3 is 2. The van der Waals surface area contributed by atoms with Crippen molar-refractivity contribution >= 4 is 44.3 Å². The molecule has 1 aliphatic carbocycles. The summed E-state index contributed by atoms with van der Waals surface area (Å²) in [6.07, 6.45) is 3.12. The normalized spacial score (nSPS) is 22.4. The Kier molecular flexibility index (Phi) is 6.50. The van der Waals surface area contributed by atoms with Gasteiger partial charge >= 0.3 is 5.97 Å². The largest absolute Gasteiger partial charge is 0.493 e. The Labute approximate surface area is 229 Å². The molecule has 0 spiro atoms. The van der Waals surface area contributed by atoms with Crippen molar-refractivity contribution in [2.24, 2.45) is 5.92 Å². The van der Waals surface area contributed by atoms with Crippen LogP contribution in [0.3, 0.4) is 0 Å². The number of thiazole rings is 1. The zero-order chi connectivity index (χ0) is 27.3. The first-order valence-corrected chi connectivity index (χ1v) is 13.8. The lowest BCUT2D eigenvalue weighted by molar-refractivity contribution is -0.131. The second-order valence-corrected chi connectivity index (χ2v) is 10.8. The van der Waals surface area contributed by atoms with Crippen LogP contribution in [0.15, 0.2) is 47.7 Å². The van der Waals surface area contributed by atoms with E-state index in [2.05, 4.69) is 0 Å². The molecule has 0 saturated heterocycles. The maximum atomic E-state index is 14.0. The summed E-state index contributed by atoms with van der Waals surface area (Å²) in [5.41, 5.74) is 2.09. The van der Waals surface area contributed by atoms with Crippen LogP contribution in [-0.4, -0.2) is 49.6 Å². The number of esters is 1. The Balaban J connectivity index is 1.48. The van der Waals surface area contributed by atoms with Crippen molar-refractivity contribution in [1.29, 1.82) is 0 Å². The van der Waals surface area contributed by atoms with E-state index in [0.717, 1.165) is 30.4 Å². The van der Waals surface area contributed by atoms with Gasteiger partial charge in [-0.3, -0.25) is 14.5 Å². The van der Waals surface area contributed by atoms with Gasteiger partial charge in [0.2, 0.25) is 0 Å². The zero-order valence-electron chi connectivity index (χ0n) is 21.9. The van der Waals surface area contributed by atoms with Gasteiger partial charge in [0.25, 0.3) is 5.91 Å². The summed E-state index contributed by atoms with van der Waals surface area (Å²) in [6, 6.07) is 9.73. The minimum Gasteiger partial charge on any atom is -0.493 e. The van der Waals surface area contributed by atoms with Crippen LogP contribution < -0.4 is 14.4 Å². The first-order chi connectivity index (χ1) is 18.9. The number of carbonyl (C=O) groups is 3. The maximum Gasteiger partial charge on any atom is 0.338 e. The van der Waals surface area contributed by atoms with Gasteiger partial charge in [-0.1, -0.05) is 23.8 Å². The lowest BCUT2D eigenvalue weighted by atomic mass is 9.77. The minimum absolute atomic E-state index is 0.0395. The van der Waals surface area contributed by atoms with Gasteiger partial charge in [-0.05, 0) is 62.1 Å². The Morgan fingerprint density at radius 2 is 1.87 bits per heavy atom. The van der Waals surface area contributed by atoms with Crippen molar-refractivity contribution in [1.82, 2.24) is 4.98 Å². The van der Waals surface area contributed by atoms with E-state index in [1.54, 1.807) is 51.5 Å². The molecule has 0 radical (unpaired) electrons. The van der Waals surface area contributed by atoms with Crippen LogP contribution in [0.1, 0.15) is 54.6 Å². The van der Waals surface area contributed by atoms with Crippen molar-refractivity contribution < 1.29 is 33.3 Å². The van der Waals surface area contributed by atoms with Crippen LogP contribution in [0.25, 0.3) is 10.2 Å². The van der Waals surface area contributed by atoms with Crippen LogP contribution in [0.5, 0.6) is 11.5 Å².